The Balaban J connectivity index is 2.18. The Morgan fingerprint density at radius 2 is 2.00 bits per heavy atom. The smallest absolute Gasteiger partial charge is 0.143 e. The predicted octanol–water partition coefficient (Wildman–Crippen LogP) is 3.73. The van der Waals surface area contributed by atoms with E-state index >= 15 is 0 Å². The van der Waals surface area contributed by atoms with Crippen molar-refractivity contribution in [2.45, 2.75) is 13.5 Å². The van der Waals surface area contributed by atoms with Gasteiger partial charge in [0.2, 0.25) is 0 Å². The van der Waals surface area contributed by atoms with Crippen LogP contribution in [-0.4, -0.2) is 19.2 Å². The van der Waals surface area contributed by atoms with E-state index in [0.29, 0.717) is 23.1 Å². The second-order valence-corrected chi connectivity index (χ2v) is 5.37. The molecule has 4 nitrogen and oxygen atoms in total. The summed E-state index contributed by atoms with van der Waals surface area (Å²) in [4.78, 5) is 4.40. The summed E-state index contributed by atoms with van der Waals surface area (Å²) in [6, 6.07) is 3.55. The van der Waals surface area contributed by atoms with Gasteiger partial charge < -0.3 is 14.8 Å². The molecular formula is C13H15ClN2O2S. The van der Waals surface area contributed by atoms with Crippen LogP contribution >= 0.6 is 22.9 Å². The first kappa shape index (κ1) is 14.0. The molecule has 0 bridgehead atoms. The van der Waals surface area contributed by atoms with Crippen molar-refractivity contribution in [3.63, 3.8) is 0 Å². The second-order valence-electron chi connectivity index (χ2n) is 3.90. The van der Waals surface area contributed by atoms with Crippen LogP contribution in [0.2, 0.25) is 5.02 Å². The fraction of sp³-hybridized carbons (Fsp3) is 0.308. The van der Waals surface area contributed by atoms with Crippen LogP contribution in [0.5, 0.6) is 11.5 Å². The van der Waals surface area contributed by atoms with Gasteiger partial charge in [-0.1, -0.05) is 11.6 Å². The summed E-state index contributed by atoms with van der Waals surface area (Å²) in [5, 5.41) is 6.88. The fourth-order valence-corrected chi connectivity index (χ4v) is 2.52. The van der Waals surface area contributed by atoms with Gasteiger partial charge >= 0.3 is 0 Å². The van der Waals surface area contributed by atoms with Crippen LogP contribution < -0.4 is 14.8 Å². The predicted molar refractivity (Wildman–Crippen MR) is 78.7 cm³/mol. The number of ether oxygens (including phenoxy) is 2. The van der Waals surface area contributed by atoms with E-state index in [-0.39, 0.29) is 0 Å². The lowest BCUT2D eigenvalue weighted by Gasteiger charge is -2.13. The minimum absolute atomic E-state index is 0.523. The van der Waals surface area contributed by atoms with Gasteiger partial charge in [-0.2, -0.15) is 0 Å². The van der Waals surface area contributed by atoms with E-state index in [4.69, 9.17) is 21.1 Å². The van der Waals surface area contributed by atoms with Gasteiger partial charge in [-0.3, -0.25) is 0 Å². The fourth-order valence-electron chi connectivity index (χ4n) is 1.67. The van der Waals surface area contributed by atoms with Crippen LogP contribution in [0.1, 0.15) is 10.7 Å². The van der Waals surface area contributed by atoms with Crippen molar-refractivity contribution < 1.29 is 9.47 Å². The van der Waals surface area contributed by atoms with Crippen LogP contribution in [-0.2, 0) is 6.54 Å². The number of nitrogens with zero attached hydrogens (tertiary/aromatic N) is 1. The number of aromatic nitrogens is 1. The molecule has 0 amide bonds. The second kappa shape index (κ2) is 6.12. The van der Waals surface area contributed by atoms with Gasteiger partial charge in [0.1, 0.15) is 11.5 Å². The standard InChI is InChI=1S/C13H15ClN2O2S/c1-8-16-9(7-19-8)6-15-11-5-12(17-2)10(14)4-13(11)18-3/h4-5,7,15H,6H2,1-3H3. The van der Waals surface area contributed by atoms with Gasteiger partial charge in [0.25, 0.3) is 0 Å². The molecule has 1 aromatic carbocycles. The number of benzene rings is 1. The van der Waals surface area contributed by atoms with Gasteiger partial charge in [0, 0.05) is 17.5 Å². The molecule has 0 spiro atoms. The highest BCUT2D eigenvalue weighted by molar-refractivity contribution is 7.09. The number of aryl methyl sites for hydroxylation is 1. The van der Waals surface area contributed by atoms with Crippen molar-refractivity contribution in [1.82, 2.24) is 4.98 Å². The maximum Gasteiger partial charge on any atom is 0.143 e. The topological polar surface area (TPSA) is 43.4 Å². The molecule has 1 N–H and O–H groups in total. The number of thiazole rings is 1. The quantitative estimate of drug-likeness (QED) is 0.913. The van der Waals surface area contributed by atoms with Gasteiger partial charge in [-0.15, -0.1) is 11.3 Å². The number of hydrogen-bond acceptors (Lipinski definition) is 5. The zero-order valence-corrected chi connectivity index (χ0v) is 12.6. The van der Waals surface area contributed by atoms with Crippen molar-refractivity contribution in [1.29, 1.82) is 0 Å². The minimum Gasteiger partial charge on any atom is -0.495 e. The largest absolute Gasteiger partial charge is 0.495 e. The summed E-state index contributed by atoms with van der Waals surface area (Å²) in [5.74, 6) is 1.29. The Bertz CT molecular complexity index is 572. The number of halogens is 1. The number of methoxy groups -OCH3 is 2. The molecule has 19 heavy (non-hydrogen) atoms. The highest BCUT2D eigenvalue weighted by Gasteiger charge is 2.10. The molecule has 0 saturated heterocycles. The molecule has 0 aliphatic heterocycles. The van der Waals surface area contributed by atoms with Crippen LogP contribution in [0.25, 0.3) is 0 Å². The van der Waals surface area contributed by atoms with Crippen molar-refractivity contribution in [3.8, 4) is 11.5 Å². The molecule has 0 aliphatic rings. The first-order valence-corrected chi connectivity index (χ1v) is 6.96. The maximum absolute atomic E-state index is 6.06. The summed E-state index contributed by atoms with van der Waals surface area (Å²) < 4.78 is 10.5. The molecule has 0 fully saturated rings. The summed E-state index contributed by atoms with van der Waals surface area (Å²) in [6.45, 7) is 2.62. The molecule has 0 radical (unpaired) electrons. The van der Waals surface area contributed by atoms with E-state index in [1.165, 1.54) is 0 Å². The Hall–Kier alpha value is -1.46. The van der Waals surface area contributed by atoms with E-state index < -0.39 is 0 Å². The zero-order chi connectivity index (χ0) is 13.8. The molecule has 2 rings (SSSR count). The SMILES string of the molecule is COc1cc(NCc2csc(C)n2)c(OC)cc1Cl. The number of nitrogens with one attached hydrogen (secondary N) is 1. The third kappa shape index (κ3) is 3.30. The van der Waals surface area contributed by atoms with Gasteiger partial charge in [-0.05, 0) is 6.92 Å². The van der Waals surface area contributed by atoms with Crippen LogP contribution in [0, 0.1) is 6.92 Å². The average Bonchev–Trinajstić information content (AvgIpc) is 2.82. The molecule has 1 heterocycles. The number of anilines is 1. The highest BCUT2D eigenvalue weighted by Crippen LogP contribution is 2.36. The first-order valence-electron chi connectivity index (χ1n) is 5.70. The van der Waals surface area contributed by atoms with E-state index in [1.807, 2.05) is 18.4 Å². The Morgan fingerprint density at radius 3 is 2.58 bits per heavy atom. The van der Waals surface area contributed by atoms with Crippen LogP contribution in [0.3, 0.4) is 0 Å². The Morgan fingerprint density at radius 1 is 1.26 bits per heavy atom. The Labute approximate surface area is 121 Å². The average molecular weight is 299 g/mol. The molecule has 6 heteroatoms. The minimum atomic E-state index is 0.523. The lowest BCUT2D eigenvalue weighted by molar-refractivity contribution is 0.404. The van der Waals surface area contributed by atoms with Crippen molar-refractivity contribution in [2.75, 3.05) is 19.5 Å². The van der Waals surface area contributed by atoms with E-state index in [9.17, 15) is 0 Å². The summed E-state index contributed by atoms with van der Waals surface area (Å²) in [7, 11) is 3.19. The van der Waals surface area contributed by atoms with E-state index in [0.717, 1.165) is 16.4 Å². The highest BCUT2D eigenvalue weighted by atomic mass is 35.5. The van der Waals surface area contributed by atoms with Crippen molar-refractivity contribution >= 4 is 28.6 Å². The first-order chi connectivity index (χ1) is 9.13. The van der Waals surface area contributed by atoms with E-state index in [1.54, 1.807) is 31.6 Å². The van der Waals surface area contributed by atoms with Gasteiger partial charge in [0.05, 0.1) is 42.2 Å². The van der Waals surface area contributed by atoms with Crippen molar-refractivity contribution in [3.05, 3.63) is 33.2 Å². The monoisotopic (exact) mass is 298 g/mol. The third-order valence-corrected chi connectivity index (χ3v) is 3.72. The third-order valence-electron chi connectivity index (χ3n) is 2.60. The molecule has 2 aromatic rings. The molecule has 0 saturated carbocycles. The van der Waals surface area contributed by atoms with E-state index in [2.05, 4.69) is 10.3 Å². The van der Waals surface area contributed by atoms with Crippen molar-refractivity contribution in [2.24, 2.45) is 0 Å². The lowest BCUT2D eigenvalue weighted by atomic mass is 10.2. The zero-order valence-electron chi connectivity index (χ0n) is 11.0. The molecule has 0 unspecified atom stereocenters. The molecule has 0 atom stereocenters. The molecule has 0 aliphatic carbocycles. The van der Waals surface area contributed by atoms with Gasteiger partial charge in [0.15, 0.2) is 0 Å². The molecular weight excluding hydrogens is 284 g/mol. The maximum atomic E-state index is 6.06. The van der Waals surface area contributed by atoms with Crippen LogP contribution in [0.15, 0.2) is 17.5 Å². The molecule has 102 valence electrons. The number of rotatable bonds is 5. The number of hydrogen-bond donors (Lipinski definition) is 1. The lowest BCUT2D eigenvalue weighted by Crippen LogP contribution is -2.02. The summed E-state index contributed by atoms with van der Waals surface area (Å²) >= 11 is 7.69. The Kier molecular flexibility index (Phi) is 4.50. The normalized spacial score (nSPS) is 10.3. The van der Waals surface area contributed by atoms with Crippen LogP contribution in [0.4, 0.5) is 5.69 Å². The van der Waals surface area contributed by atoms with Gasteiger partial charge in [-0.25, -0.2) is 4.98 Å². The molecule has 1 aromatic heterocycles. The summed E-state index contributed by atoms with van der Waals surface area (Å²) in [6.07, 6.45) is 0. The summed E-state index contributed by atoms with van der Waals surface area (Å²) in [5.41, 5.74) is 1.83.